The Morgan fingerprint density at radius 2 is 1.92 bits per heavy atom. The molecule has 3 rings (SSSR count). The first kappa shape index (κ1) is 19.3. The van der Waals surface area contributed by atoms with E-state index in [9.17, 15) is 23.1 Å². The molecule has 3 atom stereocenters. The van der Waals surface area contributed by atoms with Gasteiger partial charge in [0.25, 0.3) is 0 Å². The lowest BCUT2D eigenvalue weighted by Gasteiger charge is -2.51. The zero-order valence-corrected chi connectivity index (χ0v) is 15.4. The highest BCUT2D eigenvalue weighted by atomic mass is 35.5. The normalized spacial score (nSPS) is 27.8. The summed E-state index contributed by atoms with van der Waals surface area (Å²) in [6.07, 6.45) is -1.49. The van der Waals surface area contributed by atoms with E-state index in [1.165, 1.54) is 17.0 Å². The molecule has 1 N–H and O–H groups in total. The number of amides is 1. The van der Waals surface area contributed by atoms with Crippen molar-refractivity contribution in [3.8, 4) is 0 Å². The molecule has 1 heterocycles. The largest absolute Gasteiger partial charge is 0.465 e. The smallest absolute Gasteiger partial charge is 0.407 e. The predicted octanol–water partition coefficient (Wildman–Crippen LogP) is 4.64. The second kappa shape index (κ2) is 6.93. The third kappa shape index (κ3) is 3.64. The monoisotopic (exact) mass is 390 g/mol. The Kier molecular flexibility index (Phi) is 5.14. The van der Waals surface area contributed by atoms with Crippen molar-refractivity contribution in [1.29, 1.82) is 0 Å². The topological polar surface area (TPSA) is 43.8 Å². The maximum Gasteiger partial charge on any atom is 0.407 e. The van der Waals surface area contributed by atoms with Crippen molar-refractivity contribution in [2.24, 2.45) is 5.92 Å². The van der Waals surface area contributed by atoms with Crippen LogP contribution in [-0.4, -0.2) is 52.1 Å². The van der Waals surface area contributed by atoms with E-state index in [1.807, 2.05) is 11.8 Å². The van der Waals surface area contributed by atoms with Gasteiger partial charge in [0, 0.05) is 44.1 Å². The van der Waals surface area contributed by atoms with Crippen LogP contribution in [0.15, 0.2) is 18.2 Å². The second-order valence-electron chi connectivity index (χ2n) is 7.47. The van der Waals surface area contributed by atoms with Gasteiger partial charge in [0.05, 0.1) is 5.02 Å². The Bertz CT molecular complexity index is 695. The molecule has 4 nitrogen and oxygen atoms in total. The lowest BCUT2D eigenvalue weighted by Crippen LogP contribution is -2.60. The number of piperazine rings is 1. The highest BCUT2D eigenvalue weighted by Gasteiger charge is 2.51. The number of alkyl halides is 2. The summed E-state index contributed by atoms with van der Waals surface area (Å²) in [6.45, 7) is 4.36. The summed E-state index contributed by atoms with van der Waals surface area (Å²) >= 11 is 5.77. The van der Waals surface area contributed by atoms with Gasteiger partial charge in [-0.25, -0.2) is 18.0 Å². The summed E-state index contributed by atoms with van der Waals surface area (Å²) in [5.41, 5.74) is 0.607. The van der Waals surface area contributed by atoms with E-state index in [0.717, 1.165) is 0 Å². The van der Waals surface area contributed by atoms with Gasteiger partial charge in [-0.2, -0.15) is 0 Å². The van der Waals surface area contributed by atoms with Crippen LogP contribution in [0.1, 0.15) is 38.3 Å². The van der Waals surface area contributed by atoms with Crippen molar-refractivity contribution in [1.82, 2.24) is 9.80 Å². The number of carbonyl (C=O) groups is 1. The van der Waals surface area contributed by atoms with Crippen molar-refractivity contribution < 1.29 is 23.1 Å². The quantitative estimate of drug-likeness (QED) is 0.817. The van der Waals surface area contributed by atoms with Crippen LogP contribution in [-0.2, 0) is 0 Å². The highest BCUT2D eigenvalue weighted by molar-refractivity contribution is 6.30. The number of hydrogen-bond donors (Lipinski definition) is 1. The van der Waals surface area contributed by atoms with Crippen LogP contribution in [0.2, 0.25) is 5.02 Å². The Morgan fingerprint density at radius 3 is 2.46 bits per heavy atom. The molecule has 144 valence electrons. The maximum absolute atomic E-state index is 14.0. The zero-order valence-electron chi connectivity index (χ0n) is 14.6. The molecule has 0 aromatic heterocycles. The summed E-state index contributed by atoms with van der Waals surface area (Å²) in [4.78, 5) is 14.8. The van der Waals surface area contributed by atoms with Crippen molar-refractivity contribution in [3.05, 3.63) is 34.6 Å². The number of benzene rings is 1. The van der Waals surface area contributed by atoms with E-state index in [4.69, 9.17) is 11.6 Å². The van der Waals surface area contributed by atoms with E-state index in [-0.39, 0.29) is 42.4 Å². The molecule has 8 heteroatoms. The molecular formula is C18H22ClF3N2O2. The molecule has 26 heavy (non-hydrogen) atoms. The van der Waals surface area contributed by atoms with Gasteiger partial charge in [-0.05, 0) is 37.5 Å². The van der Waals surface area contributed by atoms with E-state index >= 15 is 0 Å². The first-order valence-corrected chi connectivity index (χ1v) is 9.05. The summed E-state index contributed by atoms with van der Waals surface area (Å²) in [6, 6.07) is 3.59. The lowest BCUT2D eigenvalue weighted by atomic mass is 9.73. The molecule has 2 fully saturated rings. The van der Waals surface area contributed by atoms with Crippen molar-refractivity contribution >= 4 is 17.7 Å². The molecule has 1 saturated heterocycles. The zero-order chi connectivity index (χ0) is 19.2. The standard InChI is InChI=1S/C18H22ClF3N2O2/c1-10-9-24(17(25)26)11(2)8-23(10)16(13-6-18(21,22)7-13)12-3-4-14(19)15(20)5-12/h3-5,10-11,13,16H,6-9H2,1-2H3,(H,25,26)/t10-,11+,16?/m1/s1. The van der Waals surface area contributed by atoms with Gasteiger partial charge < -0.3 is 10.0 Å². The van der Waals surface area contributed by atoms with Crippen molar-refractivity contribution in [2.75, 3.05) is 13.1 Å². The fourth-order valence-corrected chi connectivity index (χ4v) is 4.29. The SMILES string of the molecule is C[C@@H]1CN(C(=O)O)[C@@H](C)CN1C(c1ccc(Cl)c(F)c1)C1CC(F)(F)C1. The number of rotatable bonds is 3. The molecular weight excluding hydrogens is 369 g/mol. The van der Waals surface area contributed by atoms with E-state index in [2.05, 4.69) is 0 Å². The lowest BCUT2D eigenvalue weighted by molar-refractivity contribution is -0.140. The molecule has 1 amide bonds. The molecule has 1 aromatic carbocycles. The maximum atomic E-state index is 14.0. The van der Waals surface area contributed by atoms with Gasteiger partial charge in [0.2, 0.25) is 5.92 Å². The molecule has 1 saturated carbocycles. The summed E-state index contributed by atoms with van der Waals surface area (Å²) < 4.78 is 41.0. The molecule has 0 radical (unpaired) electrons. The fourth-order valence-electron chi connectivity index (χ4n) is 4.17. The summed E-state index contributed by atoms with van der Waals surface area (Å²) in [5.74, 6) is -3.58. The van der Waals surface area contributed by atoms with Gasteiger partial charge in [-0.1, -0.05) is 17.7 Å². The molecule has 1 aliphatic carbocycles. The van der Waals surface area contributed by atoms with Gasteiger partial charge in [0.15, 0.2) is 0 Å². The van der Waals surface area contributed by atoms with Crippen molar-refractivity contribution in [2.45, 2.75) is 50.7 Å². The van der Waals surface area contributed by atoms with E-state index in [1.54, 1.807) is 13.0 Å². The van der Waals surface area contributed by atoms with Crippen LogP contribution < -0.4 is 0 Å². The number of halogens is 4. The Labute approximate surface area is 155 Å². The summed E-state index contributed by atoms with van der Waals surface area (Å²) in [5, 5.41) is 9.30. The highest BCUT2D eigenvalue weighted by Crippen LogP contribution is 2.51. The Hall–Kier alpha value is -1.47. The molecule has 0 bridgehead atoms. The first-order valence-electron chi connectivity index (χ1n) is 8.67. The first-order chi connectivity index (χ1) is 12.1. The van der Waals surface area contributed by atoms with Crippen LogP contribution in [0.5, 0.6) is 0 Å². The van der Waals surface area contributed by atoms with Crippen LogP contribution in [0.3, 0.4) is 0 Å². The van der Waals surface area contributed by atoms with Crippen LogP contribution in [0, 0.1) is 11.7 Å². The van der Waals surface area contributed by atoms with Gasteiger partial charge >= 0.3 is 6.09 Å². The minimum absolute atomic E-state index is 0.0106. The molecule has 2 aliphatic rings. The third-order valence-electron chi connectivity index (χ3n) is 5.49. The molecule has 1 aromatic rings. The van der Waals surface area contributed by atoms with Crippen molar-refractivity contribution in [3.63, 3.8) is 0 Å². The second-order valence-corrected chi connectivity index (χ2v) is 7.88. The van der Waals surface area contributed by atoms with Crippen LogP contribution >= 0.6 is 11.6 Å². The molecule has 1 aliphatic heterocycles. The number of hydrogen-bond acceptors (Lipinski definition) is 2. The minimum Gasteiger partial charge on any atom is -0.465 e. The average Bonchev–Trinajstić information content (AvgIpc) is 2.52. The van der Waals surface area contributed by atoms with Gasteiger partial charge in [-0.15, -0.1) is 0 Å². The Morgan fingerprint density at radius 1 is 1.27 bits per heavy atom. The Balaban J connectivity index is 1.91. The van der Waals surface area contributed by atoms with Gasteiger partial charge in [0.1, 0.15) is 5.82 Å². The minimum atomic E-state index is -2.69. The van der Waals surface area contributed by atoms with E-state index in [0.29, 0.717) is 12.1 Å². The van der Waals surface area contributed by atoms with Gasteiger partial charge in [-0.3, -0.25) is 4.90 Å². The fraction of sp³-hybridized carbons (Fsp3) is 0.611. The van der Waals surface area contributed by atoms with E-state index < -0.39 is 23.9 Å². The number of carboxylic acid groups (broad SMARTS) is 1. The number of nitrogens with zero attached hydrogens (tertiary/aromatic N) is 2. The third-order valence-corrected chi connectivity index (χ3v) is 5.80. The molecule has 0 spiro atoms. The summed E-state index contributed by atoms with van der Waals surface area (Å²) in [7, 11) is 0. The van der Waals surface area contributed by atoms with Crippen LogP contribution in [0.4, 0.5) is 18.0 Å². The average molecular weight is 391 g/mol. The van der Waals surface area contributed by atoms with Crippen LogP contribution in [0.25, 0.3) is 0 Å². The molecule has 1 unspecified atom stereocenters. The predicted molar refractivity (Wildman–Crippen MR) is 92.2 cm³/mol.